The Morgan fingerprint density at radius 3 is 3.03 bits per heavy atom. The first kappa shape index (κ1) is 18.1. The molecule has 1 aromatic heterocycles. The largest absolute Gasteiger partial charge is 0.495 e. The van der Waals surface area contributed by atoms with E-state index < -0.39 is 11.8 Å². The van der Waals surface area contributed by atoms with Gasteiger partial charge in [-0.3, -0.25) is 9.78 Å². The SMILES string of the molecule is NC(=O)C(NC1=COCC2=C3C1=CN=C(c1ccc4[nH]c(=O)oc4c1)N3CC2)C1CC1. The molecule has 4 N–H and O–H groups in total. The zero-order valence-electron chi connectivity index (χ0n) is 16.7. The Morgan fingerprint density at radius 2 is 2.23 bits per heavy atom. The number of H-pyrrole nitrogens is 1. The maximum absolute atomic E-state index is 12.0. The highest BCUT2D eigenvalue weighted by atomic mass is 16.5. The van der Waals surface area contributed by atoms with Crippen molar-refractivity contribution in [3.8, 4) is 0 Å². The number of nitrogens with two attached hydrogens (primary N) is 1. The quantitative estimate of drug-likeness (QED) is 0.674. The molecule has 1 saturated carbocycles. The maximum Gasteiger partial charge on any atom is 0.417 e. The number of hydrogen-bond donors (Lipinski definition) is 3. The number of amides is 1. The molecule has 1 amide bonds. The predicted octanol–water partition coefficient (Wildman–Crippen LogP) is 1.45. The number of nitrogens with zero attached hydrogens (tertiary/aromatic N) is 2. The Bertz CT molecular complexity index is 1290. The van der Waals surface area contributed by atoms with Gasteiger partial charge in [0.05, 0.1) is 16.9 Å². The van der Waals surface area contributed by atoms with Gasteiger partial charge in [0.25, 0.3) is 0 Å². The molecule has 1 unspecified atom stereocenters. The van der Waals surface area contributed by atoms with Gasteiger partial charge in [0, 0.05) is 23.9 Å². The number of fused-ring (bicyclic) bond motifs is 1. The van der Waals surface area contributed by atoms with Crippen LogP contribution in [-0.2, 0) is 9.53 Å². The van der Waals surface area contributed by atoms with E-state index in [0.717, 1.165) is 54.2 Å². The van der Waals surface area contributed by atoms with Crippen LogP contribution in [0.5, 0.6) is 0 Å². The molecule has 0 radical (unpaired) electrons. The molecule has 3 aliphatic heterocycles. The smallest absolute Gasteiger partial charge is 0.417 e. The summed E-state index contributed by atoms with van der Waals surface area (Å²) in [6, 6.07) is 5.14. The number of amidine groups is 1. The van der Waals surface area contributed by atoms with Crippen LogP contribution in [-0.4, -0.2) is 40.8 Å². The number of oxazole rings is 1. The van der Waals surface area contributed by atoms with Crippen LogP contribution in [0.4, 0.5) is 0 Å². The Balaban J connectivity index is 1.40. The molecule has 6 rings (SSSR count). The van der Waals surface area contributed by atoms with Crippen LogP contribution < -0.4 is 16.8 Å². The third-order valence-corrected chi connectivity index (χ3v) is 6.21. The summed E-state index contributed by atoms with van der Waals surface area (Å²) in [5.41, 5.74) is 11.5. The maximum atomic E-state index is 12.0. The van der Waals surface area contributed by atoms with E-state index in [1.165, 1.54) is 5.57 Å². The Morgan fingerprint density at radius 1 is 1.35 bits per heavy atom. The highest BCUT2D eigenvalue weighted by Gasteiger charge is 2.39. The highest BCUT2D eigenvalue weighted by Crippen LogP contribution is 2.39. The van der Waals surface area contributed by atoms with Crippen molar-refractivity contribution in [1.82, 2.24) is 15.2 Å². The van der Waals surface area contributed by atoms with Crippen LogP contribution in [0.1, 0.15) is 24.8 Å². The molecule has 4 heterocycles. The molecule has 0 bridgehead atoms. The van der Waals surface area contributed by atoms with Crippen molar-refractivity contribution in [2.24, 2.45) is 16.6 Å². The second-order valence-electron chi connectivity index (χ2n) is 8.28. The molecule has 158 valence electrons. The molecule has 1 fully saturated rings. The van der Waals surface area contributed by atoms with E-state index in [0.29, 0.717) is 17.7 Å². The summed E-state index contributed by atoms with van der Waals surface area (Å²) in [7, 11) is 0. The number of aromatic nitrogens is 1. The summed E-state index contributed by atoms with van der Waals surface area (Å²) in [6.45, 7) is 1.26. The van der Waals surface area contributed by atoms with E-state index in [4.69, 9.17) is 19.9 Å². The molecule has 0 spiro atoms. The molecule has 4 aliphatic rings. The van der Waals surface area contributed by atoms with Gasteiger partial charge < -0.3 is 25.1 Å². The standard InChI is InChI=1S/C22H21N5O4/c23-20(28)18(11-1-2-11)25-16-10-30-9-13-5-6-27-19(13)14(16)8-24-21(27)12-3-4-15-17(7-12)31-22(29)26-15/h3-4,7-8,10-11,18,25H,1-2,5-6,9H2,(H2,23,28)(H,26,29). The minimum Gasteiger partial charge on any atom is -0.495 e. The van der Waals surface area contributed by atoms with Crippen LogP contribution in [0.3, 0.4) is 0 Å². The number of ether oxygens (including phenoxy) is 1. The predicted molar refractivity (Wildman–Crippen MR) is 113 cm³/mol. The summed E-state index contributed by atoms with van der Waals surface area (Å²) in [6.07, 6.45) is 6.32. The number of aliphatic imine (C=N–C) groups is 1. The van der Waals surface area contributed by atoms with Crippen molar-refractivity contribution >= 4 is 22.8 Å². The van der Waals surface area contributed by atoms with Crippen molar-refractivity contribution in [3.63, 3.8) is 0 Å². The van der Waals surface area contributed by atoms with Crippen molar-refractivity contribution in [1.29, 1.82) is 0 Å². The lowest BCUT2D eigenvalue weighted by Crippen LogP contribution is -2.43. The molecule has 0 saturated heterocycles. The minimum atomic E-state index is -0.479. The Labute approximate surface area is 176 Å². The zero-order chi connectivity index (χ0) is 21.1. The van der Waals surface area contributed by atoms with Crippen LogP contribution >= 0.6 is 0 Å². The number of primary amides is 1. The monoisotopic (exact) mass is 419 g/mol. The van der Waals surface area contributed by atoms with Gasteiger partial charge in [0.15, 0.2) is 5.58 Å². The van der Waals surface area contributed by atoms with Crippen LogP contribution in [0.2, 0.25) is 0 Å². The number of hydrogen-bond acceptors (Lipinski definition) is 7. The van der Waals surface area contributed by atoms with Gasteiger partial charge in [0.2, 0.25) is 5.91 Å². The topological polar surface area (TPSA) is 126 Å². The first-order chi connectivity index (χ1) is 15.1. The fourth-order valence-corrected chi connectivity index (χ4v) is 4.54. The van der Waals surface area contributed by atoms with E-state index in [-0.39, 0.29) is 11.8 Å². The second-order valence-corrected chi connectivity index (χ2v) is 8.28. The molecule has 9 nitrogen and oxygen atoms in total. The summed E-state index contributed by atoms with van der Waals surface area (Å²) in [5.74, 6) is 0.217. The van der Waals surface area contributed by atoms with E-state index in [9.17, 15) is 9.59 Å². The number of carbonyl (C=O) groups excluding carboxylic acids is 1. The number of aromatic amines is 1. The summed E-state index contributed by atoms with van der Waals surface area (Å²) >= 11 is 0. The van der Waals surface area contributed by atoms with E-state index in [1.54, 1.807) is 6.26 Å². The average molecular weight is 419 g/mol. The van der Waals surface area contributed by atoms with Gasteiger partial charge in [0.1, 0.15) is 24.7 Å². The Hall–Kier alpha value is -3.75. The highest BCUT2D eigenvalue weighted by molar-refractivity contribution is 6.04. The van der Waals surface area contributed by atoms with Gasteiger partial charge in [-0.15, -0.1) is 0 Å². The van der Waals surface area contributed by atoms with Gasteiger partial charge in [-0.05, 0) is 49.0 Å². The van der Waals surface area contributed by atoms with E-state index >= 15 is 0 Å². The molecule has 1 aliphatic carbocycles. The lowest BCUT2D eigenvalue weighted by atomic mass is 10.0. The molecule has 2 aromatic rings. The number of benzene rings is 1. The molecular weight excluding hydrogens is 398 g/mol. The average Bonchev–Trinajstić information content (AvgIpc) is 3.42. The summed E-state index contributed by atoms with van der Waals surface area (Å²) < 4.78 is 11.0. The van der Waals surface area contributed by atoms with Crippen LogP contribution in [0.15, 0.2) is 67.4 Å². The zero-order valence-corrected chi connectivity index (χ0v) is 16.7. The Kier molecular flexibility index (Phi) is 3.86. The number of rotatable bonds is 5. The van der Waals surface area contributed by atoms with Crippen molar-refractivity contribution in [3.05, 3.63) is 69.3 Å². The normalized spacial score (nSPS) is 21.0. The lowest BCUT2D eigenvalue weighted by Gasteiger charge is -2.30. The number of nitrogens with one attached hydrogen (secondary N) is 2. The van der Waals surface area contributed by atoms with Crippen molar-refractivity contribution in [2.45, 2.75) is 25.3 Å². The van der Waals surface area contributed by atoms with Gasteiger partial charge in [-0.2, -0.15) is 0 Å². The van der Waals surface area contributed by atoms with Crippen LogP contribution in [0, 0.1) is 5.92 Å². The van der Waals surface area contributed by atoms with Gasteiger partial charge in [-0.25, -0.2) is 9.79 Å². The van der Waals surface area contributed by atoms with Crippen LogP contribution in [0.25, 0.3) is 11.1 Å². The first-order valence-corrected chi connectivity index (χ1v) is 10.4. The summed E-state index contributed by atoms with van der Waals surface area (Å²) in [4.78, 5) is 33.1. The molecule has 1 aromatic carbocycles. The minimum absolute atomic E-state index is 0.265. The van der Waals surface area contributed by atoms with E-state index in [2.05, 4.69) is 15.2 Å². The third-order valence-electron chi connectivity index (χ3n) is 6.21. The van der Waals surface area contributed by atoms with Gasteiger partial charge in [-0.1, -0.05) is 0 Å². The molecule has 1 atom stereocenters. The van der Waals surface area contributed by atoms with Gasteiger partial charge >= 0.3 is 5.76 Å². The first-order valence-electron chi connectivity index (χ1n) is 10.4. The molecule has 9 heteroatoms. The fraction of sp³-hybridized carbons (Fsp3) is 0.318. The third kappa shape index (κ3) is 2.96. The van der Waals surface area contributed by atoms with Crippen molar-refractivity contribution < 1.29 is 13.9 Å². The number of carbonyl (C=O) groups is 1. The lowest BCUT2D eigenvalue weighted by molar-refractivity contribution is -0.120. The molecular formula is C22H21N5O4. The van der Waals surface area contributed by atoms with E-state index in [1.807, 2.05) is 24.4 Å². The second kappa shape index (κ2) is 6.63. The summed E-state index contributed by atoms with van der Waals surface area (Å²) in [5, 5.41) is 3.32. The van der Waals surface area contributed by atoms with Crippen molar-refractivity contribution in [2.75, 3.05) is 13.2 Å². The fourth-order valence-electron chi connectivity index (χ4n) is 4.54. The molecule has 31 heavy (non-hydrogen) atoms.